The van der Waals surface area contributed by atoms with Crippen LogP contribution in [0.25, 0.3) is 0 Å². The number of amides is 2. The van der Waals surface area contributed by atoms with E-state index in [0.29, 0.717) is 31.7 Å². The maximum atomic E-state index is 13.6. The van der Waals surface area contributed by atoms with Crippen molar-refractivity contribution < 1.29 is 28.9 Å². The number of rotatable bonds is 9. The molecule has 1 N–H and O–H groups in total. The Morgan fingerprint density at radius 3 is 2.38 bits per heavy atom. The van der Waals surface area contributed by atoms with Crippen molar-refractivity contribution in [1.29, 1.82) is 0 Å². The van der Waals surface area contributed by atoms with E-state index in [-0.39, 0.29) is 36.8 Å². The van der Waals surface area contributed by atoms with Crippen molar-refractivity contribution in [3.8, 4) is 0 Å². The summed E-state index contributed by atoms with van der Waals surface area (Å²) in [6, 6.07) is 0.220. The van der Waals surface area contributed by atoms with Gasteiger partial charge in [0.2, 0.25) is 5.91 Å². The van der Waals surface area contributed by atoms with Gasteiger partial charge in [0.25, 0.3) is 0 Å². The van der Waals surface area contributed by atoms with E-state index in [2.05, 4.69) is 6.92 Å². The Morgan fingerprint density at radius 2 is 1.79 bits per heavy atom. The summed E-state index contributed by atoms with van der Waals surface area (Å²) in [7, 11) is 0. The number of aliphatic hydroxyl groups excluding tert-OH is 1. The lowest BCUT2D eigenvalue weighted by Crippen LogP contribution is -2.68. The standard InChI is InChI=1S/C26H44N2O6/c1-19-6-5-7-27(19)22(30)17-28(23(31)34-24(2,3)4)25-13-20-12-21(14-25)16-26(15-20,18-25)33-11-10-32-9-8-29/h19-21,29H,5-18H2,1-4H3/t19-,20+,21?,25?,26?/m1/s1. The van der Waals surface area contributed by atoms with Gasteiger partial charge in [0, 0.05) is 12.6 Å². The first kappa shape index (κ1) is 25.7. The predicted octanol–water partition coefficient (Wildman–Crippen LogP) is 3.35. The maximum Gasteiger partial charge on any atom is 0.411 e. The van der Waals surface area contributed by atoms with Crippen molar-refractivity contribution in [2.24, 2.45) is 11.8 Å². The van der Waals surface area contributed by atoms with Crippen LogP contribution in [0.1, 0.15) is 79.1 Å². The van der Waals surface area contributed by atoms with Gasteiger partial charge < -0.3 is 24.2 Å². The lowest BCUT2D eigenvalue weighted by Gasteiger charge is -2.64. The van der Waals surface area contributed by atoms with E-state index in [0.717, 1.165) is 51.5 Å². The lowest BCUT2D eigenvalue weighted by molar-refractivity contribution is -0.202. The predicted molar refractivity (Wildman–Crippen MR) is 127 cm³/mol. The van der Waals surface area contributed by atoms with Crippen LogP contribution >= 0.6 is 0 Å². The highest BCUT2D eigenvalue weighted by Crippen LogP contribution is 2.61. The third kappa shape index (κ3) is 5.54. The molecule has 0 aromatic carbocycles. The zero-order valence-electron chi connectivity index (χ0n) is 21.5. The molecule has 2 amide bonds. The van der Waals surface area contributed by atoms with Gasteiger partial charge in [0.1, 0.15) is 12.1 Å². The minimum absolute atomic E-state index is 0.00686. The largest absolute Gasteiger partial charge is 0.444 e. The molecule has 3 unspecified atom stereocenters. The van der Waals surface area contributed by atoms with Crippen molar-refractivity contribution in [3.63, 3.8) is 0 Å². The van der Waals surface area contributed by atoms with Crippen molar-refractivity contribution in [3.05, 3.63) is 0 Å². The minimum Gasteiger partial charge on any atom is -0.444 e. The third-order valence-electron chi connectivity index (χ3n) is 8.20. The topological polar surface area (TPSA) is 88.5 Å². The highest BCUT2D eigenvalue weighted by molar-refractivity contribution is 5.83. The fourth-order valence-electron chi connectivity index (χ4n) is 7.37. The van der Waals surface area contributed by atoms with Gasteiger partial charge >= 0.3 is 6.09 Å². The van der Waals surface area contributed by atoms with E-state index in [9.17, 15) is 9.59 Å². The van der Waals surface area contributed by atoms with Crippen LogP contribution in [-0.2, 0) is 19.0 Å². The summed E-state index contributed by atoms with van der Waals surface area (Å²) in [6.45, 7) is 9.82. The summed E-state index contributed by atoms with van der Waals surface area (Å²) in [5, 5.41) is 8.94. The summed E-state index contributed by atoms with van der Waals surface area (Å²) in [5.74, 6) is 1.01. The van der Waals surface area contributed by atoms with E-state index in [1.54, 1.807) is 4.90 Å². The number of aliphatic hydroxyl groups is 1. The van der Waals surface area contributed by atoms with Crippen molar-refractivity contribution in [1.82, 2.24) is 9.80 Å². The summed E-state index contributed by atoms with van der Waals surface area (Å²) in [4.78, 5) is 30.7. The summed E-state index contributed by atoms with van der Waals surface area (Å²) in [6.07, 6.45) is 7.41. The number of nitrogens with zero attached hydrogens (tertiary/aromatic N) is 2. The van der Waals surface area contributed by atoms with Crippen molar-refractivity contribution in [2.75, 3.05) is 39.5 Å². The zero-order valence-corrected chi connectivity index (χ0v) is 21.5. The van der Waals surface area contributed by atoms with Crippen LogP contribution in [-0.4, -0.2) is 89.2 Å². The average molecular weight is 481 g/mol. The van der Waals surface area contributed by atoms with E-state index < -0.39 is 11.1 Å². The Bertz CT molecular complexity index is 736. The van der Waals surface area contributed by atoms with Gasteiger partial charge in [-0.05, 0) is 90.9 Å². The van der Waals surface area contributed by atoms with E-state index in [1.807, 2.05) is 25.7 Å². The molecule has 5 rings (SSSR count). The van der Waals surface area contributed by atoms with E-state index in [4.69, 9.17) is 19.3 Å². The second-order valence-electron chi connectivity index (χ2n) is 12.2. The molecule has 8 heteroatoms. The third-order valence-corrected chi connectivity index (χ3v) is 8.20. The number of likely N-dealkylation sites (tertiary alicyclic amines) is 1. The second-order valence-corrected chi connectivity index (χ2v) is 12.2. The van der Waals surface area contributed by atoms with Crippen LogP contribution in [0.3, 0.4) is 0 Å². The molecule has 4 saturated carbocycles. The van der Waals surface area contributed by atoms with Crippen molar-refractivity contribution >= 4 is 12.0 Å². The van der Waals surface area contributed by atoms with Gasteiger partial charge in [-0.15, -0.1) is 0 Å². The molecule has 0 aromatic rings. The molecule has 34 heavy (non-hydrogen) atoms. The van der Waals surface area contributed by atoms with Crippen LogP contribution in [0.2, 0.25) is 0 Å². The molecule has 0 aromatic heterocycles. The fourth-order valence-corrected chi connectivity index (χ4v) is 7.37. The van der Waals surface area contributed by atoms with Crippen LogP contribution in [0.15, 0.2) is 0 Å². The normalized spacial score (nSPS) is 34.5. The Balaban J connectivity index is 1.55. The first-order chi connectivity index (χ1) is 16.0. The molecule has 4 bridgehead atoms. The Hall–Kier alpha value is -1.38. The van der Waals surface area contributed by atoms with Gasteiger partial charge in [-0.3, -0.25) is 9.69 Å². The molecule has 8 nitrogen and oxygen atoms in total. The zero-order chi connectivity index (χ0) is 24.6. The molecule has 1 saturated heterocycles. The summed E-state index contributed by atoms with van der Waals surface area (Å²) < 4.78 is 17.8. The molecular weight excluding hydrogens is 436 g/mol. The van der Waals surface area contributed by atoms with Crippen LogP contribution in [0.5, 0.6) is 0 Å². The Kier molecular flexibility index (Phi) is 7.51. The van der Waals surface area contributed by atoms with Gasteiger partial charge in [0.15, 0.2) is 0 Å². The first-order valence-corrected chi connectivity index (χ1v) is 13.2. The SMILES string of the molecule is C[C@@H]1CCCN1C(=O)CN(C(=O)OC(C)(C)C)C12CC3C[C@H](CC(OCCOCCO)(C3)C1)C2. The molecule has 0 radical (unpaired) electrons. The maximum absolute atomic E-state index is 13.6. The highest BCUT2D eigenvalue weighted by atomic mass is 16.6. The Morgan fingerprint density at radius 1 is 1.09 bits per heavy atom. The number of carbonyl (C=O) groups is 2. The molecule has 194 valence electrons. The molecule has 5 aliphatic rings. The molecule has 4 aliphatic carbocycles. The van der Waals surface area contributed by atoms with Crippen LogP contribution in [0.4, 0.5) is 4.79 Å². The van der Waals surface area contributed by atoms with Gasteiger partial charge in [-0.1, -0.05) is 0 Å². The fraction of sp³-hybridized carbons (Fsp3) is 0.923. The monoisotopic (exact) mass is 480 g/mol. The Labute approximate surface area is 204 Å². The molecule has 5 atom stereocenters. The number of carbonyl (C=O) groups excluding carboxylic acids is 2. The number of hydrogen-bond acceptors (Lipinski definition) is 6. The number of ether oxygens (including phenoxy) is 3. The molecule has 0 spiro atoms. The van der Waals surface area contributed by atoms with Gasteiger partial charge in [0.05, 0.1) is 37.6 Å². The van der Waals surface area contributed by atoms with Gasteiger partial charge in [-0.25, -0.2) is 4.79 Å². The quantitative estimate of drug-likeness (QED) is 0.509. The molecular formula is C26H44N2O6. The van der Waals surface area contributed by atoms with Gasteiger partial charge in [-0.2, -0.15) is 0 Å². The number of hydrogen-bond donors (Lipinski definition) is 1. The minimum atomic E-state index is -0.625. The van der Waals surface area contributed by atoms with E-state index in [1.165, 1.54) is 6.42 Å². The van der Waals surface area contributed by atoms with E-state index >= 15 is 0 Å². The summed E-state index contributed by atoms with van der Waals surface area (Å²) >= 11 is 0. The highest BCUT2D eigenvalue weighted by Gasteiger charge is 2.62. The van der Waals surface area contributed by atoms with Crippen LogP contribution in [0, 0.1) is 11.8 Å². The molecule has 5 fully saturated rings. The summed E-state index contributed by atoms with van der Waals surface area (Å²) in [5.41, 5.74) is -1.31. The first-order valence-electron chi connectivity index (χ1n) is 13.2. The lowest BCUT2D eigenvalue weighted by atomic mass is 9.50. The molecule has 1 aliphatic heterocycles. The second kappa shape index (κ2) is 9.94. The average Bonchev–Trinajstić information content (AvgIpc) is 3.15. The smallest absolute Gasteiger partial charge is 0.411 e. The van der Waals surface area contributed by atoms with Crippen LogP contribution < -0.4 is 0 Å². The van der Waals surface area contributed by atoms with Crippen molar-refractivity contribution in [2.45, 2.75) is 102 Å². The molecule has 1 heterocycles.